The summed E-state index contributed by atoms with van der Waals surface area (Å²) < 4.78 is 13.4. The first-order chi connectivity index (χ1) is 19.5. The van der Waals surface area contributed by atoms with Gasteiger partial charge in [-0.25, -0.2) is 4.79 Å². The molecule has 1 aromatic rings. The van der Waals surface area contributed by atoms with Gasteiger partial charge in [-0.15, -0.1) is 0 Å². The number of ketones is 2. The molecule has 4 N–H and O–H groups in total. The van der Waals surface area contributed by atoms with Crippen molar-refractivity contribution in [3.63, 3.8) is 0 Å². The summed E-state index contributed by atoms with van der Waals surface area (Å²) in [5.74, 6) is -4.02. The van der Waals surface area contributed by atoms with Crippen molar-refractivity contribution in [2.75, 3.05) is 0 Å². The number of fused-ring (bicyclic) bond motifs is 1. The van der Waals surface area contributed by atoms with Gasteiger partial charge in [-0.2, -0.15) is 0 Å². The van der Waals surface area contributed by atoms with Crippen molar-refractivity contribution in [2.45, 2.75) is 90.1 Å². The predicted octanol–water partition coefficient (Wildman–Crippen LogP) is 4.51. The normalized spacial score (nSPS) is 29.3. The molecule has 3 aliphatic carbocycles. The Labute approximate surface area is 244 Å². The van der Waals surface area contributed by atoms with Crippen LogP contribution in [0.4, 0.5) is 0 Å². The van der Waals surface area contributed by atoms with E-state index in [1.54, 1.807) is 19.1 Å². The first-order valence-electron chi connectivity index (χ1n) is 14.2. The second kappa shape index (κ2) is 9.67. The third-order valence-electron chi connectivity index (χ3n) is 9.40. The van der Waals surface area contributed by atoms with E-state index in [0.29, 0.717) is 12.0 Å². The molecule has 5 aliphatic rings. The maximum atomic E-state index is 14.5. The molecule has 2 fully saturated rings. The van der Waals surface area contributed by atoms with Crippen LogP contribution in [0.5, 0.6) is 17.2 Å². The van der Waals surface area contributed by atoms with Crippen LogP contribution >= 0.6 is 0 Å². The third-order valence-corrected chi connectivity index (χ3v) is 9.40. The Morgan fingerprint density at radius 1 is 1.12 bits per heavy atom. The van der Waals surface area contributed by atoms with Crippen LogP contribution in [-0.4, -0.2) is 60.9 Å². The minimum Gasteiger partial charge on any atom is -0.507 e. The van der Waals surface area contributed by atoms with E-state index < -0.39 is 52.2 Å². The molecular weight excluding hydrogens is 540 g/mol. The van der Waals surface area contributed by atoms with Crippen LogP contribution in [0.25, 0.3) is 0 Å². The van der Waals surface area contributed by atoms with Crippen molar-refractivity contribution in [3.05, 3.63) is 63.8 Å². The van der Waals surface area contributed by atoms with Crippen LogP contribution in [-0.2, 0) is 27.2 Å². The number of hydrogen-bond donors (Lipinski definition) is 4. The number of rotatable bonds is 8. The Kier molecular flexibility index (Phi) is 6.86. The summed E-state index contributed by atoms with van der Waals surface area (Å²) in [4.78, 5) is 40.3. The van der Waals surface area contributed by atoms with Crippen molar-refractivity contribution in [1.29, 1.82) is 0 Å². The summed E-state index contributed by atoms with van der Waals surface area (Å²) >= 11 is 0. The number of allylic oxidation sites excluding steroid dienone is 3. The van der Waals surface area contributed by atoms with E-state index in [1.807, 2.05) is 27.7 Å². The van der Waals surface area contributed by atoms with E-state index in [9.17, 15) is 34.8 Å². The summed E-state index contributed by atoms with van der Waals surface area (Å²) in [6.07, 6.45) is 3.89. The minimum absolute atomic E-state index is 0.0115. The Morgan fingerprint density at radius 2 is 1.79 bits per heavy atom. The van der Waals surface area contributed by atoms with Gasteiger partial charge in [0.25, 0.3) is 0 Å². The Morgan fingerprint density at radius 3 is 2.38 bits per heavy atom. The monoisotopic (exact) mass is 578 g/mol. The van der Waals surface area contributed by atoms with E-state index in [-0.39, 0.29) is 64.4 Å². The third kappa shape index (κ3) is 3.93. The number of carboxylic acids is 1. The lowest BCUT2D eigenvalue weighted by Gasteiger charge is -2.56. The van der Waals surface area contributed by atoms with Gasteiger partial charge in [0.15, 0.2) is 22.8 Å². The van der Waals surface area contributed by atoms with E-state index in [4.69, 9.17) is 9.47 Å². The summed E-state index contributed by atoms with van der Waals surface area (Å²) in [7, 11) is 0. The van der Waals surface area contributed by atoms with Crippen molar-refractivity contribution < 1.29 is 44.3 Å². The lowest BCUT2D eigenvalue weighted by atomic mass is 9.51. The highest BCUT2D eigenvalue weighted by molar-refractivity contribution is 6.18. The zero-order chi connectivity index (χ0) is 31.1. The highest BCUT2D eigenvalue weighted by atomic mass is 16.6. The molecular formula is C33H38O9. The Balaban J connectivity index is 1.81. The number of Topliss-reactive ketones (excluding diaryl/α,β-unsaturated/α-hetero) is 2. The molecule has 1 aromatic carbocycles. The van der Waals surface area contributed by atoms with Crippen LogP contribution < -0.4 is 4.74 Å². The van der Waals surface area contributed by atoms with Crippen LogP contribution in [0.2, 0.25) is 0 Å². The fourth-order valence-electron chi connectivity index (χ4n) is 7.20. The number of benzene rings is 1. The second-order valence-corrected chi connectivity index (χ2v) is 12.8. The van der Waals surface area contributed by atoms with Gasteiger partial charge >= 0.3 is 5.97 Å². The largest absolute Gasteiger partial charge is 0.507 e. The van der Waals surface area contributed by atoms with Crippen LogP contribution in [0, 0.1) is 11.8 Å². The fourth-order valence-corrected chi connectivity index (χ4v) is 7.20. The zero-order valence-electron chi connectivity index (χ0n) is 24.8. The Hall–Kier alpha value is -3.69. The fraction of sp³-hybridized carbons (Fsp3) is 0.485. The van der Waals surface area contributed by atoms with Crippen molar-refractivity contribution >= 4 is 17.5 Å². The van der Waals surface area contributed by atoms with Gasteiger partial charge in [-0.05, 0) is 54.4 Å². The Bertz CT molecular complexity index is 1540. The number of carbonyl (C=O) groups excluding carboxylic acids is 2. The van der Waals surface area contributed by atoms with Crippen LogP contribution in [0.15, 0.2) is 47.1 Å². The molecule has 0 amide bonds. The smallest absolute Gasteiger partial charge is 0.330 e. The first-order valence-corrected chi connectivity index (χ1v) is 14.2. The number of ether oxygens (including phenoxy) is 2. The molecule has 1 saturated heterocycles. The van der Waals surface area contributed by atoms with E-state index in [1.165, 1.54) is 13.0 Å². The molecule has 6 rings (SSSR count). The number of phenolic OH excluding ortho intramolecular Hbond substituents is 2. The van der Waals surface area contributed by atoms with Crippen molar-refractivity contribution in [3.8, 4) is 17.2 Å². The molecule has 1 spiro atoms. The first kappa shape index (κ1) is 29.8. The summed E-state index contributed by atoms with van der Waals surface area (Å²) in [6.45, 7) is 14.2. The number of aliphatic carboxylic acids is 1. The average Bonchev–Trinajstić information content (AvgIpc) is 3.06. The molecule has 0 unspecified atom stereocenters. The van der Waals surface area contributed by atoms with Gasteiger partial charge in [0.1, 0.15) is 22.8 Å². The number of aromatic hydroxyl groups is 2. The number of phenols is 2. The molecule has 224 valence electrons. The van der Waals surface area contributed by atoms with E-state index >= 15 is 0 Å². The molecule has 9 heteroatoms. The lowest BCUT2D eigenvalue weighted by Crippen LogP contribution is -2.72. The SMILES string of the molecule is C=C(C)[C@H](O)Cc1c(O)c(CC=C(C)C)c(O)c2c1O[C@]13C(=C[C@@H]4C[C@H]1C(C)(C)O[C@@]3(CC=C(C)C(=O)O)C4=O)C2=O. The quantitative estimate of drug-likeness (QED) is 0.258. The van der Waals surface area contributed by atoms with Gasteiger partial charge < -0.3 is 29.9 Å². The molecule has 0 aromatic heterocycles. The molecule has 2 heterocycles. The van der Waals surface area contributed by atoms with E-state index in [0.717, 1.165) is 5.57 Å². The standard InChI is InChI=1S/C33H38O9/c1-15(2)8-9-19-25(35)20(14-22(34)16(3)4)28-24(26(19)36)27(37)21-12-18-13-23-31(6,7)42-32(29(18)38,33(21,23)41-28)11-10-17(5)30(39)40/h8,10,12,18,22-23,34-36H,3,9,11,13-14H2,1-2,4-7H3,(H,39,40)/t18-,22-,23+,32+,33-/m1/s1. The van der Waals surface area contributed by atoms with Gasteiger partial charge in [0, 0.05) is 47.0 Å². The van der Waals surface area contributed by atoms with Crippen molar-refractivity contribution in [2.24, 2.45) is 11.8 Å². The molecule has 4 bridgehead atoms. The predicted molar refractivity (Wildman–Crippen MR) is 154 cm³/mol. The van der Waals surface area contributed by atoms with Crippen LogP contribution in [0.1, 0.15) is 75.9 Å². The lowest BCUT2D eigenvalue weighted by molar-refractivity contribution is -0.171. The zero-order valence-corrected chi connectivity index (χ0v) is 24.8. The number of aliphatic hydroxyl groups is 1. The maximum Gasteiger partial charge on any atom is 0.330 e. The molecule has 42 heavy (non-hydrogen) atoms. The summed E-state index contributed by atoms with van der Waals surface area (Å²) in [6, 6.07) is 0. The summed E-state index contributed by atoms with van der Waals surface area (Å²) in [5.41, 5.74) is -2.68. The number of aliphatic hydroxyl groups excluding tert-OH is 1. The summed E-state index contributed by atoms with van der Waals surface area (Å²) in [5, 5.41) is 43.3. The molecule has 1 saturated carbocycles. The van der Waals surface area contributed by atoms with Crippen molar-refractivity contribution in [1.82, 2.24) is 0 Å². The second-order valence-electron chi connectivity index (χ2n) is 12.8. The molecule has 9 nitrogen and oxygen atoms in total. The topological polar surface area (TPSA) is 151 Å². The van der Waals surface area contributed by atoms with Gasteiger partial charge in [-0.3, -0.25) is 9.59 Å². The number of carbonyl (C=O) groups is 3. The van der Waals surface area contributed by atoms with Gasteiger partial charge in [-0.1, -0.05) is 36.0 Å². The van der Waals surface area contributed by atoms with Gasteiger partial charge in [0.2, 0.25) is 0 Å². The maximum absolute atomic E-state index is 14.5. The molecule has 0 radical (unpaired) electrons. The number of hydrogen-bond acceptors (Lipinski definition) is 8. The highest BCUT2D eigenvalue weighted by Gasteiger charge is 2.81. The van der Waals surface area contributed by atoms with E-state index in [2.05, 4.69) is 6.58 Å². The average molecular weight is 579 g/mol. The van der Waals surface area contributed by atoms with Crippen LogP contribution in [0.3, 0.4) is 0 Å². The molecule has 2 aliphatic heterocycles. The van der Waals surface area contributed by atoms with Gasteiger partial charge in [0.05, 0.1) is 11.7 Å². The number of carboxylic acid groups (broad SMARTS) is 1. The minimum atomic E-state index is -1.73. The highest BCUT2D eigenvalue weighted by Crippen LogP contribution is 2.68. The molecule has 5 atom stereocenters.